The summed E-state index contributed by atoms with van der Waals surface area (Å²) < 4.78 is 94.3. The van der Waals surface area contributed by atoms with Gasteiger partial charge in [-0.3, -0.25) is 13.9 Å². The Hall–Kier alpha value is -3.89. The molecule has 4 aliphatic rings. The van der Waals surface area contributed by atoms with E-state index in [1.54, 1.807) is 62.5 Å². The quantitative estimate of drug-likeness (QED) is 0.0295. The van der Waals surface area contributed by atoms with E-state index in [2.05, 4.69) is 4.74 Å². The molecular formula is C45H81NaO37S. The van der Waals surface area contributed by atoms with Crippen molar-refractivity contribution in [2.24, 2.45) is 0 Å². The predicted molar refractivity (Wildman–Crippen MR) is 266 cm³/mol. The first kappa shape index (κ1) is 86.5. The van der Waals surface area contributed by atoms with Gasteiger partial charge in [0.05, 0.1) is 26.9 Å². The molecule has 0 amide bonds. The summed E-state index contributed by atoms with van der Waals surface area (Å²) in [5.41, 5.74) is 0.0417. The van der Waals surface area contributed by atoms with Crippen molar-refractivity contribution in [3.05, 3.63) is 0 Å². The van der Waals surface area contributed by atoms with Crippen molar-refractivity contribution in [3.8, 4) is 0 Å². The van der Waals surface area contributed by atoms with Gasteiger partial charge in [0.25, 0.3) is 0 Å². The second-order valence-electron chi connectivity index (χ2n) is 20.1. The molecule has 490 valence electrons. The largest absolute Gasteiger partial charge is 1.00 e. The molecule has 0 unspecified atom stereocenters. The van der Waals surface area contributed by atoms with E-state index < -0.39 is 179 Å². The fraction of sp³-hybridized carbons (Fsp3) is 0.822. The third-order valence-electron chi connectivity index (χ3n) is 10.5. The Bertz CT molecular complexity index is 2130. The topological polar surface area (TPSA) is 595 Å². The number of hydrogen-bond acceptors (Lipinski definition) is 31. The van der Waals surface area contributed by atoms with Gasteiger partial charge in [-0.1, -0.05) is 0 Å². The van der Waals surface area contributed by atoms with Crippen LogP contribution in [0.5, 0.6) is 0 Å². The standard InChI is InChI=1S/C14H22O8.C12H18O8.C8H14O7.C6H10O8.C5H12O.Na.H2O4S.H2O.H2/c1-13(2)19-7(9(21-13)11(15)17-5)8-10(12(16)18-6)22-14(3,4)20-8;1-11(2)17-5(7(19-11)9(13)14)6-8(10(15)16)20-12(3,4)18-6;1-3(9)4(10)5(11)6(12)7(13)8(14)15-2;7-1(3(9)5(11)12)2(8)4(10)6(13)14;1-5(2,3)6-4;;1-5(2,3)4;;/h7-10H,1-6H3;5-8H,1-4H3,(H,13,14)(H,15,16);4-7,10-13H,1-2H3;1-4,7-10H,(H,11,12)(H,13,14);1-4H3;;(H2,1,2,3,4);1H2;1H/q;;;;;+1;;;/p-1/t7-,8+,9+,10-;5-,6+,7+,8-;4-,5+,6+,7-;1-,2+,3+,4-;;;;;/m..1....../s1. The molecule has 39 heteroatoms. The number of carboxylic acids is 4. The minimum atomic E-state index is -4.67. The summed E-state index contributed by atoms with van der Waals surface area (Å²) in [5, 5.41) is 106. The summed E-state index contributed by atoms with van der Waals surface area (Å²) >= 11 is 0. The minimum Gasteiger partial charge on any atom is -0.870 e. The van der Waals surface area contributed by atoms with Gasteiger partial charge in [0.15, 0.2) is 71.7 Å². The van der Waals surface area contributed by atoms with Gasteiger partial charge in [-0.25, -0.2) is 33.6 Å². The zero-order valence-corrected chi connectivity index (χ0v) is 51.7. The molecular weight excluding hydrogens is 1190 g/mol. The molecule has 0 saturated carbocycles. The van der Waals surface area contributed by atoms with Gasteiger partial charge in [-0.15, -0.1) is 0 Å². The van der Waals surface area contributed by atoms with Crippen LogP contribution in [0, 0.1) is 0 Å². The summed E-state index contributed by atoms with van der Waals surface area (Å²) in [5.74, 6) is -13.6. The van der Waals surface area contributed by atoms with Gasteiger partial charge in [0.1, 0.15) is 54.9 Å². The fourth-order valence-electron chi connectivity index (χ4n) is 6.64. The van der Waals surface area contributed by atoms with Crippen LogP contribution in [0.4, 0.5) is 0 Å². The first-order valence-corrected chi connectivity index (χ1v) is 25.0. The number of esters is 3. The Morgan fingerprint density at radius 1 is 0.452 bits per heavy atom. The van der Waals surface area contributed by atoms with Crippen LogP contribution >= 0.6 is 0 Å². The molecule has 4 rings (SSSR count). The second-order valence-corrected chi connectivity index (χ2v) is 21.0. The zero-order chi connectivity index (χ0) is 65.3. The molecule has 4 aliphatic heterocycles. The summed E-state index contributed by atoms with van der Waals surface area (Å²) in [6.07, 6.45) is -25.6. The van der Waals surface area contributed by atoms with E-state index in [0.717, 1.165) is 14.0 Å². The second kappa shape index (κ2) is 35.8. The van der Waals surface area contributed by atoms with Crippen LogP contribution in [0.3, 0.4) is 0 Å². The monoisotopic (exact) mass is 1270 g/mol. The first-order valence-electron chi connectivity index (χ1n) is 23.6. The molecule has 0 aromatic heterocycles. The van der Waals surface area contributed by atoms with E-state index in [0.29, 0.717) is 0 Å². The number of ketones is 1. The summed E-state index contributed by atoms with van der Waals surface area (Å²) in [6, 6.07) is 0. The van der Waals surface area contributed by atoms with Crippen LogP contribution in [-0.2, 0) is 106 Å². The van der Waals surface area contributed by atoms with E-state index in [-0.39, 0.29) is 42.1 Å². The molecule has 0 aromatic carbocycles. The maximum absolute atomic E-state index is 11.9. The van der Waals surface area contributed by atoms with Gasteiger partial charge in [-0.05, 0) is 83.1 Å². The van der Waals surface area contributed by atoms with Crippen molar-refractivity contribution in [3.63, 3.8) is 0 Å². The maximum atomic E-state index is 11.9. The van der Waals surface area contributed by atoms with Crippen LogP contribution in [0.1, 0.15) is 84.5 Å². The molecule has 84 heavy (non-hydrogen) atoms. The van der Waals surface area contributed by atoms with E-state index in [1.807, 2.05) is 20.8 Å². The summed E-state index contributed by atoms with van der Waals surface area (Å²) in [6.45, 7) is 19.9. The number of aliphatic hydroxyl groups is 8. The average molecular weight is 1270 g/mol. The van der Waals surface area contributed by atoms with Crippen molar-refractivity contribution in [2.75, 3.05) is 28.4 Å². The molecule has 37 nitrogen and oxygen atoms in total. The van der Waals surface area contributed by atoms with Gasteiger partial charge >= 0.3 is 81.7 Å². The molecule has 4 fully saturated rings. The fourth-order valence-corrected chi connectivity index (χ4v) is 6.64. The zero-order valence-electron chi connectivity index (χ0n) is 48.8. The third kappa shape index (κ3) is 29.7. The third-order valence-corrected chi connectivity index (χ3v) is 10.5. The van der Waals surface area contributed by atoms with Gasteiger partial charge < -0.3 is 124 Å². The SMILES string of the molecule is CC1(C)O[C@H]([C@@H]2OC(C)(C)O[C@H]2C(=O)O)[C@@H](C(=O)O)O1.COC(=O)[C@H](O)[C@@H](O)[C@@H](O)[C@H](O)C(C)=O.COC(=O)[C@H]1OC(C)(C)O[C@@H]1[C@@H]1OC(C)(C)O[C@H]1C(=O)OC.COC(C)(C)C.O=C(O)[C@@H](O)[C@H](O)[C@H](O)[C@@H](O)C(=O)O.O=S(=O)(O)O.[HH].[Na+].[OH-]. The van der Waals surface area contributed by atoms with Crippen LogP contribution in [0.25, 0.3) is 0 Å². The number of hydrogen-bond donors (Lipinski definition) is 14. The van der Waals surface area contributed by atoms with Gasteiger partial charge in [0.2, 0.25) is 0 Å². The van der Waals surface area contributed by atoms with Crippen LogP contribution < -0.4 is 29.6 Å². The van der Waals surface area contributed by atoms with Crippen LogP contribution in [0.2, 0.25) is 0 Å². The van der Waals surface area contributed by atoms with E-state index in [4.69, 9.17) is 110 Å². The molecule has 0 aliphatic carbocycles. The first-order chi connectivity index (χ1) is 36.8. The Balaban J connectivity index is -0.000000316. The Kier molecular flexibility index (Phi) is 36.9. The molecule has 15 N–H and O–H groups in total. The smallest absolute Gasteiger partial charge is 0.870 e. The van der Waals surface area contributed by atoms with Crippen molar-refractivity contribution < 1.29 is 210 Å². The number of methoxy groups -OCH3 is 4. The molecule has 0 radical (unpaired) electrons. The number of aliphatic hydroxyl groups excluding tert-OH is 8. The van der Waals surface area contributed by atoms with Crippen molar-refractivity contribution >= 4 is 58.0 Å². The average Bonchev–Trinajstić information content (AvgIpc) is 4.08. The van der Waals surface area contributed by atoms with Gasteiger partial charge in [-0.2, -0.15) is 8.42 Å². The Labute approximate surface area is 504 Å². The minimum absolute atomic E-state index is 0. The van der Waals surface area contributed by atoms with E-state index in [9.17, 15) is 58.8 Å². The Morgan fingerprint density at radius 2 is 0.667 bits per heavy atom. The molecule has 0 spiro atoms. The van der Waals surface area contributed by atoms with Crippen molar-refractivity contribution in [2.45, 2.75) is 209 Å². The van der Waals surface area contributed by atoms with Gasteiger partial charge in [0, 0.05) is 8.54 Å². The molecule has 0 bridgehead atoms. The van der Waals surface area contributed by atoms with Crippen LogP contribution in [-0.4, -0.2) is 287 Å². The van der Waals surface area contributed by atoms with E-state index in [1.165, 1.54) is 14.2 Å². The number of Topliss-reactive ketones (excluding diaryl/α,β-unsaturated/α-hetero) is 1. The van der Waals surface area contributed by atoms with Crippen LogP contribution in [0.15, 0.2) is 0 Å². The maximum Gasteiger partial charge on any atom is 1.00 e. The summed E-state index contributed by atoms with van der Waals surface area (Å²) in [4.78, 5) is 87.9. The van der Waals surface area contributed by atoms with Crippen molar-refractivity contribution in [1.82, 2.24) is 0 Å². The Morgan fingerprint density at radius 3 is 0.857 bits per heavy atom. The normalized spacial score (nSPS) is 26.8. The number of ether oxygens (including phenoxy) is 12. The number of carbonyl (C=O) groups is 8. The van der Waals surface area contributed by atoms with E-state index >= 15 is 0 Å². The predicted octanol–water partition coefficient (Wildman–Crippen LogP) is -7.79. The molecule has 16 atom stereocenters. The summed E-state index contributed by atoms with van der Waals surface area (Å²) in [7, 11) is 0.523. The number of rotatable bonds is 16. The molecule has 4 saturated heterocycles. The molecule has 0 aromatic rings. The number of aliphatic carboxylic acids is 4. The molecule has 4 heterocycles. The number of carboxylic acid groups (broad SMARTS) is 4. The number of carbonyl (C=O) groups excluding carboxylic acids is 4. The van der Waals surface area contributed by atoms with Crippen molar-refractivity contribution in [1.29, 1.82) is 0 Å².